The molecule has 0 aliphatic heterocycles. The second kappa shape index (κ2) is 5.79. The van der Waals surface area contributed by atoms with Crippen molar-refractivity contribution in [3.63, 3.8) is 0 Å². The standard InChI is InChI=1S/C14H22O/c1-5-11(3)14(6-2)12-8-7-9-13(10-12)15-4/h7-11,14H,5-6H2,1-4H3. The highest BCUT2D eigenvalue weighted by atomic mass is 16.5. The molecule has 0 spiro atoms. The molecule has 0 fully saturated rings. The third-order valence-electron chi connectivity index (χ3n) is 3.29. The summed E-state index contributed by atoms with van der Waals surface area (Å²) in [6, 6.07) is 8.47. The van der Waals surface area contributed by atoms with Crippen LogP contribution in [-0.2, 0) is 0 Å². The summed E-state index contributed by atoms with van der Waals surface area (Å²) in [7, 11) is 1.73. The molecular weight excluding hydrogens is 184 g/mol. The zero-order valence-electron chi connectivity index (χ0n) is 10.3. The minimum absolute atomic E-state index is 0.657. The zero-order valence-corrected chi connectivity index (χ0v) is 10.3. The van der Waals surface area contributed by atoms with Crippen LogP contribution in [0.1, 0.15) is 45.1 Å². The minimum atomic E-state index is 0.657. The van der Waals surface area contributed by atoms with Crippen LogP contribution in [-0.4, -0.2) is 7.11 Å². The summed E-state index contributed by atoms with van der Waals surface area (Å²) in [5, 5.41) is 0. The highest BCUT2D eigenvalue weighted by Gasteiger charge is 2.16. The van der Waals surface area contributed by atoms with E-state index in [0.717, 1.165) is 11.7 Å². The fourth-order valence-electron chi connectivity index (χ4n) is 2.12. The number of benzene rings is 1. The van der Waals surface area contributed by atoms with Crippen molar-refractivity contribution < 1.29 is 4.74 Å². The van der Waals surface area contributed by atoms with Crippen molar-refractivity contribution in [2.75, 3.05) is 7.11 Å². The van der Waals surface area contributed by atoms with Gasteiger partial charge >= 0.3 is 0 Å². The summed E-state index contributed by atoms with van der Waals surface area (Å²) in [5.74, 6) is 2.36. The molecule has 1 aromatic carbocycles. The number of hydrogen-bond donors (Lipinski definition) is 0. The van der Waals surface area contributed by atoms with Gasteiger partial charge in [-0.05, 0) is 36.0 Å². The van der Waals surface area contributed by atoms with Gasteiger partial charge < -0.3 is 4.74 Å². The smallest absolute Gasteiger partial charge is 0.119 e. The predicted molar refractivity (Wildman–Crippen MR) is 65.5 cm³/mol. The number of hydrogen-bond acceptors (Lipinski definition) is 1. The SMILES string of the molecule is CCC(C)C(CC)c1cccc(OC)c1. The van der Waals surface area contributed by atoms with Crippen molar-refractivity contribution in [2.45, 2.75) is 39.5 Å². The molecule has 0 radical (unpaired) electrons. The van der Waals surface area contributed by atoms with Crippen LogP contribution in [0.5, 0.6) is 5.75 Å². The zero-order chi connectivity index (χ0) is 11.3. The molecule has 15 heavy (non-hydrogen) atoms. The molecule has 0 amide bonds. The molecule has 0 saturated heterocycles. The van der Waals surface area contributed by atoms with Gasteiger partial charge in [0, 0.05) is 0 Å². The average molecular weight is 206 g/mol. The van der Waals surface area contributed by atoms with Gasteiger partial charge in [0.25, 0.3) is 0 Å². The third-order valence-corrected chi connectivity index (χ3v) is 3.29. The quantitative estimate of drug-likeness (QED) is 0.700. The fraction of sp³-hybridized carbons (Fsp3) is 0.571. The summed E-state index contributed by atoms with van der Waals surface area (Å²) in [6.07, 6.45) is 2.43. The van der Waals surface area contributed by atoms with Crippen molar-refractivity contribution in [2.24, 2.45) is 5.92 Å². The van der Waals surface area contributed by atoms with E-state index in [2.05, 4.69) is 39.0 Å². The van der Waals surface area contributed by atoms with Gasteiger partial charge in [0.05, 0.1) is 7.11 Å². The molecule has 0 saturated carbocycles. The topological polar surface area (TPSA) is 9.23 Å². The molecule has 1 heteroatoms. The molecule has 1 nitrogen and oxygen atoms in total. The van der Waals surface area contributed by atoms with Gasteiger partial charge in [0.2, 0.25) is 0 Å². The first-order chi connectivity index (χ1) is 7.22. The van der Waals surface area contributed by atoms with Crippen molar-refractivity contribution >= 4 is 0 Å². The molecule has 0 aliphatic carbocycles. The molecule has 84 valence electrons. The molecule has 2 unspecified atom stereocenters. The Bertz CT molecular complexity index is 293. The molecule has 1 aromatic rings. The lowest BCUT2D eigenvalue weighted by Gasteiger charge is -2.22. The molecule has 0 N–H and O–H groups in total. The van der Waals surface area contributed by atoms with Crippen LogP contribution in [0.3, 0.4) is 0 Å². The Hall–Kier alpha value is -0.980. The molecule has 0 heterocycles. The maximum atomic E-state index is 5.26. The van der Waals surface area contributed by atoms with Gasteiger partial charge in [0.15, 0.2) is 0 Å². The largest absolute Gasteiger partial charge is 0.497 e. The van der Waals surface area contributed by atoms with Gasteiger partial charge in [-0.1, -0.05) is 39.3 Å². The van der Waals surface area contributed by atoms with Crippen LogP contribution in [0.15, 0.2) is 24.3 Å². The molecule has 0 aliphatic rings. The van der Waals surface area contributed by atoms with E-state index in [1.54, 1.807) is 7.11 Å². The van der Waals surface area contributed by atoms with Crippen molar-refractivity contribution in [3.8, 4) is 5.75 Å². The fourth-order valence-corrected chi connectivity index (χ4v) is 2.12. The monoisotopic (exact) mass is 206 g/mol. The number of ether oxygens (including phenoxy) is 1. The van der Waals surface area contributed by atoms with E-state index in [9.17, 15) is 0 Å². The molecule has 1 rings (SSSR count). The highest BCUT2D eigenvalue weighted by molar-refractivity contribution is 5.31. The summed E-state index contributed by atoms with van der Waals surface area (Å²) >= 11 is 0. The number of rotatable bonds is 5. The lowest BCUT2D eigenvalue weighted by atomic mass is 9.84. The maximum absolute atomic E-state index is 5.26. The Labute approximate surface area is 93.5 Å². The molecule has 0 aromatic heterocycles. The van der Waals surface area contributed by atoms with Gasteiger partial charge in [-0.2, -0.15) is 0 Å². The first-order valence-corrected chi connectivity index (χ1v) is 5.86. The lowest BCUT2D eigenvalue weighted by Crippen LogP contribution is -2.08. The first kappa shape index (κ1) is 12.1. The van der Waals surface area contributed by atoms with Crippen molar-refractivity contribution in [1.29, 1.82) is 0 Å². The Kier molecular flexibility index (Phi) is 4.67. The van der Waals surface area contributed by atoms with E-state index in [1.165, 1.54) is 18.4 Å². The van der Waals surface area contributed by atoms with Crippen molar-refractivity contribution in [3.05, 3.63) is 29.8 Å². The molecule has 0 bridgehead atoms. The summed E-state index contributed by atoms with van der Waals surface area (Å²) in [5.41, 5.74) is 1.41. The van der Waals surface area contributed by atoms with E-state index in [4.69, 9.17) is 4.74 Å². The predicted octanol–water partition coefficient (Wildman–Crippen LogP) is 4.23. The summed E-state index contributed by atoms with van der Waals surface area (Å²) in [6.45, 7) is 6.84. The lowest BCUT2D eigenvalue weighted by molar-refractivity contribution is 0.407. The Balaban J connectivity index is 2.91. The van der Waals surface area contributed by atoms with Gasteiger partial charge in [0.1, 0.15) is 5.75 Å². The first-order valence-electron chi connectivity index (χ1n) is 5.86. The van der Waals surface area contributed by atoms with Crippen LogP contribution in [0.4, 0.5) is 0 Å². The maximum Gasteiger partial charge on any atom is 0.119 e. The summed E-state index contributed by atoms with van der Waals surface area (Å²) < 4.78 is 5.26. The van der Waals surface area contributed by atoms with Gasteiger partial charge in [-0.3, -0.25) is 0 Å². The highest BCUT2D eigenvalue weighted by Crippen LogP contribution is 2.31. The van der Waals surface area contributed by atoms with Crippen LogP contribution in [0, 0.1) is 5.92 Å². The van der Waals surface area contributed by atoms with E-state index >= 15 is 0 Å². The van der Waals surface area contributed by atoms with Crippen LogP contribution >= 0.6 is 0 Å². The van der Waals surface area contributed by atoms with Gasteiger partial charge in [-0.15, -0.1) is 0 Å². The average Bonchev–Trinajstić information content (AvgIpc) is 2.30. The van der Waals surface area contributed by atoms with E-state index < -0.39 is 0 Å². The van der Waals surface area contributed by atoms with Crippen LogP contribution < -0.4 is 4.74 Å². The van der Waals surface area contributed by atoms with E-state index in [1.807, 2.05) is 6.07 Å². The summed E-state index contributed by atoms with van der Waals surface area (Å²) in [4.78, 5) is 0. The third kappa shape index (κ3) is 2.98. The Morgan fingerprint density at radius 3 is 2.47 bits per heavy atom. The van der Waals surface area contributed by atoms with Crippen LogP contribution in [0.2, 0.25) is 0 Å². The normalized spacial score (nSPS) is 14.7. The Morgan fingerprint density at radius 2 is 1.93 bits per heavy atom. The Morgan fingerprint density at radius 1 is 1.20 bits per heavy atom. The van der Waals surface area contributed by atoms with Gasteiger partial charge in [-0.25, -0.2) is 0 Å². The van der Waals surface area contributed by atoms with E-state index in [-0.39, 0.29) is 0 Å². The number of methoxy groups -OCH3 is 1. The van der Waals surface area contributed by atoms with Crippen LogP contribution in [0.25, 0.3) is 0 Å². The van der Waals surface area contributed by atoms with Crippen molar-refractivity contribution in [1.82, 2.24) is 0 Å². The minimum Gasteiger partial charge on any atom is -0.497 e. The molecular formula is C14H22O. The second-order valence-electron chi connectivity index (χ2n) is 4.18. The van der Waals surface area contributed by atoms with E-state index in [0.29, 0.717) is 5.92 Å². The second-order valence-corrected chi connectivity index (χ2v) is 4.18. The molecule has 2 atom stereocenters.